The molecule has 1 aliphatic carbocycles. The number of unbranched alkanes of at least 4 members (excludes halogenated alkanes) is 1. The highest BCUT2D eigenvalue weighted by molar-refractivity contribution is 4.68. The molecule has 1 aliphatic rings. The molecular formula is C10H22. The minimum atomic E-state index is 1.13. The van der Waals surface area contributed by atoms with Crippen LogP contribution in [0.25, 0.3) is 0 Å². The van der Waals surface area contributed by atoms with Crippen LogP contribution in [0.3, 0.4) is 0 Å². The van der Waals surface area contributed by atoms with Crippen LogP contribution in [0.4, 0.5) is 0 Å². The van der Waals surface area contributed by atoms with Gasteiger partial charge in [0.1, 0.15) is 0 Å². The van der Waals surface area contributed by atoms with Crippen LogP contribution in [0.2, 0.25) is 0 Å². The standard InChI is InChI=1S/C8H16.C2H6/c1-2-3-5-8-6-4-7-8;1-2/h8H,2-7H2,1H3;1-2H3. The molecule has 0 spiro atoms. The molecule has 0 heteroatoms. The Labute approximate surface area is 66.0 Å². The molecule has 0 aliphatic heterocycles. The summed E-state index contributed by atoms with van der Waals surface area (Å²) < 4.78 is 0. The van der Waals surface area contributed by atoms with E-state index < -0.39 is 0 Å². The molecule has 0 aromatic carbocycles. The summed E-state index contributed by atoms with van der Waals surface area (Å²) in [5.74, 6) is 1.13. The first-order valence-corrected chi connectivity index (χ1v) is 4.93. The third-order valence-corrected chi connectivity index (χ3v) is 2.19. The highest BCUT2D eigenvalue weighted by atomic mass is 14.2. The van der Waals surface area contributed by atoms with Crippen molar-refractivity contribution in [3.8, 4) is 0 Å². The van der Waals surface area contributed by atoms with Gasteiger partial charge in [0.25, 0.3) is 0 Å². The third kappa shape index (κ3) is 3.92. The van der Waals surface area contributed by atoms with Crippen LogP contribution in [0.5, 0.6) is 0 Å². The fraction of sp³-hybridized carbons (Fsp3) is 1.00. The second-order valence-electron chi connectivity index (χ2n) is 2.94. The van der Waals surface area contributed by atoms with E-state index in [4.69, 9.17) is 0 Å². The monoisotopic (exact) mass is 142 g/mol. The Kier molecular flexibility index (Phi) is 7.11. The molecule has 0 N–H and O–H groups in total. The summed E-state index contributed by atoms with van der Waals surface area (Å²) in [5.41, 5.74) is 0. The van der Waals surface area contributed by atoms with Gasteiger partial charge in [0.2, 0.25) is 0 Å². The van der Waals surface area contributed by atoms with Crippen molar-refractivity contribution in [3.05, 3.63) is 0 Å². The van der Waals surface area contributed by atoms with Crippen molar-refractivity contribution in [2.24, 2.45) is 5.92 Å². The third-order valence-electron chi connectivity index (χ3n) is 2.19. The Hall–Kier alpha value is 0. The van der Waals surface area contributed by atoms with Crippen LogP contribution in [0, 0.1) is 5.92 Å². The van der Waals surface area contributed by atoms with Gasteiger partial charge in [-0.2, -0.15) is 0 Å². The van der Waals surface area contributed by atoms with E-state index >= 15 is 0 Å². The van der Waals surface area contributed by atoms with Gasteiger partial charge in [-0.3, -0.25) is 0 Å². The smallest absolute Gasteiger partial charge is 0.0414 e. The quantitative estimate of drug-likeness (QED) is 0.558. The van der Waals surface area contributed by atoms with Crippen molar-refractivity contribution < 1.29 is 0 Å². The van der Waals surface area contributed by atoms with Crippen LogP contribution in [-0.4, -0.2) is 0 Å². The normalized spacial score (nSPS) is 17.1. The second kappa shape index (κ2) is 7.11. The number of hydrogen-bond acceptors (Lipinski definition) is 0. The van der Waals surface area contributed by atoms with Crippen molar-refractivity contribution in [2.75, 3.05) is 0 Å². The van der Waals surface area contributed by atoms with Gasteiger partial charge < -0.3 is 0 Å². The molecule has 1 rings (SSSR count). The SMILES string of the molecule is CC.CCCCC1CCC1. The average molecular weight is 142 g/mol. The van der Waals surface area contributed by atoms with Crippen molar-refractivity contribution in [2.45, 2.75) is 59.3 Å². The maximum Gasteiger partial charge on any atom is -0.0414 e. The van der Waals surface area contributed by atoms with Crippen LogP contribution < -0.4 is 0 Å². The molecule has 1 fully saturated rings. The Bertz CT molecular complexity index is 53.1. The first-order valence-electron chi connectivity index (χ1n) is 4.93. The number of rotatable bonds is 3. The van der Waals surface area contributed by atoms with Crippen LogP contribution in [-0.2, 0) is 0 Å². The Morgan fingerprint density at radius 3 is 2.10 bits per heavy atom. The Morgan fingerprint density at radius 1 is 1.20 bits per heavy atom. The molecule has 62 valence electrons. The second-order valence-corrected chi connectivity index (χ2v) is 2.94. The fourth-order valence-corrected chi connectivity index (χ4v) is 1.27. The van der Waals surface area contributed by atoms with Gasteiger partial charge in [-0.05, 0) is 5.92 Å². The lowest BCUT2D eigenvalue weighted by Crippen LogP contribution is -2.09. The van der Waals surface area contributed by atoms with E-state index in [1.54, 1.807) is 0 Å². The van der Waals surface area contributed by atoms with E-state index in [-0.39, 0.29) is 0 Å². The van der Waals surface area contributed by atoms with Gasteiger partial charge in [0.15, 0.2) is 0 Å². The molecule has 0 saturated heterocycles. The molecule has 0 nitrogen and oxygen atoms in total. The molecule has 0 radical (unpaired) electrons. The van der Waals surface area contributed by atoms with Crippen LogP contribution in [0.15, 0.2) is 0 Å². The maximum atomic E-state index is 2.28. The lowest BCUT2D eigenvalue weighted by atomic mass is 9.82. The summed E-state index contributed by atoms with van der Waals surface area (Å²) in [4.78, 5) is 0. The first kappa shape index (κ1) is 10.0. The summed E-state index contributed by atoms with van der Waals surface area (Å²) in [6.07, 6.45) is 8.92. The van der Waals surface area contributed by atoms with Gasteiger partial charge in [0, 0.05) is 0 Å². The molecule has 0 amide bonds. The lowest BCUT2D eigenvalue weighted by Gasteiger charge is -2.24. The molecule has 10 heavy (non-hydrogen) atoms. The first-order chi connectivity index (χ1) is 4.93. The van der Waals surface area contributed by atoms with E-state index in [9.17, 15) is 0 Å². The van der Waals surface area contributed by atoms with Crippen molar-refractivity contribution in [1.82, 2.24) is 0 Å². The number of hydrogen-bond donors (Lipinski definition) is 0. The van der Waals surface area contributed by atoms with E-state index in [1.807, 2.05) is 13.8 Å². The Balaban J connectivity index is 0.000000371. The fourth-order valence-electron chi connectivity index (χ4n) is 1.27. The molecule has 0 aromatic rings. The zero-order chi connectivity index (χ0) is 7.82. The lowest BCUT2D eigenvalue weighted by molar-refractivity contribution is 0.289. The van der Waals surface area contributed by atoms with Crippen molar-refractivity contribution >= 4 is 0 Å². The predicted octanol–water partition coefficient (Wildman–Crippen LogP) is 4.00. The minimum Gasteiger partial charge on any atom is -0.0683 e. The predicted molar refractivity (Wildman–Crippen MR) is 48.2 cm³/mol. The maximum absolute atomic E-state index is 2.28. The highest BCUT2D eigenvalue weighted by Gasteiger charge is 2.15. The summed E-state index contributed by atoms with van der Waals surface area (Å²) in [6.45, 7) is 6.28. The topological polar surface area (TPSA) is 0 Å². The minimum absolute atomic E-state index is 1.13. The largest absolute Gasteiger partial charge is 0.0683 e. The van der Waals surface area contributed by atoms with Gasteiger partial charge in [-0.15, -0.1) is 0 Å². The van der Waals surface area contributed by atoms with Gasteiger partial charge in [0.05, 0.1) is 0 Å². The molecule has 0 heterocycles. The molecule has 0 atom stereocenters. The van der Waals surface area contributed by atoms with Gasteiger partial charge in [-0.25, -0.2) is 0 Å². The average Bonchev–Trinajstić information content (AvgIpc) is 1.90. The molecule has 1 saturated carbocycles. The molecular weight excluding hydrogens is 120 g/mol. The zero-order valence-corrected chi connectivity index (χ0v) is 7.82. The zero-order valence-electron chi connectivity index (χ0n) is 7.82. The van der Waals surface area contributed by atoms with E-state index in [0.717, 1.165) is 5.92 Å². The van der Waals surface area contributed by atoms with Crippen molar-refractivity contribution in [3.63, 3.8) is 0 Å². The van der Waals surface area contributed by atoms with E-state index in [0.29, 0.717) is 0 Å². The summed E-state index contributed by atoms with van der Waals surface area (Å²) in [6, 6.07) is 0. The van der Waals surface area contributed by atoms with E-state index in [2.05, 4.69) is 6.92 Å². The summed E-state index contributed by atoms with van der Waals surface area (Å²) in [7, 11) is 0. The van der Waals surface area contributed by atoms with Gasteiger partial charge >= 0.3 is 0 Å². The molecule has 0 aromatic heterocycles. The molecule has 0 unspecified atom stereocenters. The van der Waals surface area contributed by atoms with Crippen LogP contribution >= 0.6 is 0 Å². The molecule has 0 bridgehead atoms. The van der Waals surface area contributed by atoms with Gasteiger partial charge in [-0.1, -0.05) is 59.3 Å². The Morgan fingerprint density at radius 2 is 1.80 bits per heavy atom. The van der Waals surface area contributed by atoms with Crippen molar-refractivity contribution in [1.29, 1.82) is 0 Å². The summed E-state index contributed by atoms with van der Waals surface area (Å²) in [5, 5.41) is 0. The highest BCUT2D eigenvalue weighted by Crippen LogP contribution is 2.30. The van der Waals surface area contributed by atoms with Crippen LogP contribution in [0.1, 0.15) is 59.3 Å². The summed E-state index contributed by atoms with van der Waals surface area (Å²) >= 11 is 0. The van der Waals surface area contributed by atoms with E-state index in [1.165, 1.54) is 38.5 Å².